The van der Waals surface area contributed by atoms with Crippen LogP contribution in [0.15, 0.2) is 71.5 Å². The van der Waals surface area contributed by atoms with Crippen molar-refractivity contribution < 1.29 is 0 Å². The van der Waals surface area contributed by atoms with Gasteiger partial charge in [0.1, 0.15) is 0 Å². The molecule has 0 amide bonds. The lowest BCUT2D eigenvalue weighted by atomic mass is 9.88. The number of rotatable bonds is 4. The fraction of sp³-hybridized carbons (Fsp3) is 0.136. The SMILES string of the molecule is CN=C(C1=C(N)CCc2cnc(Nc3ccccc3)nc21)c1ccccc1Cl. The van der Waals surface area contributed by atoms with Gasteiger partial charge in [-0.05, 0) is 36.6 Å². The average molecular weight is 390 g/mol. The molecule has 5 nitrogen and oxygen atoms in total. The van der Waals surface area contributed by atoms with Crippen LogP contribution in [0, 0.1) is 0 Å². The smallest absolute Gasteiger partial charge is 0.227 e. The van der Waals surface area contributed by atoms with Crippen LogP contribution in [0.25, 0.3) is 5.57 Å². The number of aromatic nitrogens is 2. The summed E-state index contributed by atoms with van der Waals surface area (Å²) in [4.78, 5) is 13.8. The van der Waals surface area contributed by atoms with Gasteiger partial charge >= 0.3 is 0 Å². The molecule has 4 rings (SSSR count). The highest BCUT2D eigenvalue weighted by molar-refractivity contribution is 6.40. The lowest BCUT2D eigenvalue weighted by Gasteiger charge is -2.22. The van der Waals surface area contributed by atoms with E-state index in [9.17, 15) is 0 Å². The maximum Gasteiger partial charge on any atom is 0.227 e. The molecule has 3 aromatic rings. The van der Waals surface area contributed by atoms with Crippen LogP contribution in [0.4, 0.5) is 11.6 Å². The van der Waals surface area contributed by atoms with Crippen molar-refractivity contribution in [2.45, 2.75) is 12.8 Å². The highest BCUT2D eigenvalue weighted by Gasteiger charge is 2.25. The van der Waals surface area contributed by atoms with Crippen LogP contribution >= 0.6 is 11.6 Å². The molecular weight excluding hydrogens is 370 g/mol. The molecule has 0 saturated carbocycles. The van der Waals surface area contributed by atoms with E-state index in [0.29, 0.717) is 11.0 Å². The highest BCUT2D eigenvalue weighted by atomic mass is 35.5. The topological polar surface area (TPSA) is 76.2 Å². The first-order chi connectivity index (χ1) is 13.7. The third-order valence-corrected chi connectivity index (χ3v) is 5.04. The number of nitrogens with two attached hydrogens (primary N) is 1. The summed E-state index contributed by atoms with van der Waals surface area (Å²) in [5, 5.41) is 3.88. The minimum Gasteiger partial charge on any atom is -0.401 e. The quantitative estimate of drug-likeness (QED) is 0.639. The molecule has 1 heterocycles. The average Bonchev–Trinajstić information content (AvgIpc) is 2.72. The normalized spacial score (nSPS) is 14.0. The molecule has 0 bridgehead atoms. The third-order valence-electron chi connectivity index (χ3n) is 4.71. The molecule has 0 spiro atoms. The van der Waals surface area contributed by atoms with Crippen molar-refractivity contribution in [1.82, 2.24) is 9.97 Å². The van der Waals surface area contributed by atoms with Gasteiger partial charge in [-0.25, -0.2) is 9.97 Å². The molecule has 6 heteroatoms. The van der Waals surface area contributed by atoms with Gasteiger partial charge in [0.15, 0.2) is 0 Å². The Morgan fingerprint density at radius 3 is 2.57 bits per heavy atom. The van der Waals surface area contributed by atoms with Crippen LogP contribution in [0.1, 0.15) is 23.2 Å². The van der Waals surface area contributed by atoms with Crippen molar-refractivity contribution in [3.05, 3.63) is 88.3 Å². The summed E-state index contributed by atoms with van der Waals surface area (Å²) >= 11 is 6.44. The van der Waals surface area contributed by atoms with Gasteiger partial charge in [0, 0.05) is 40.8 Å². The van der Waals surface area contributed by atoms with Crippen molar-refractivity contribution >= 4 is 34.5 Å². The summed E-state index contributed by atoms with van der Waals surface area (Å²) in [5.41, 5.74) is 12.4. The van der Waals surface area contributed by atoms with E-state index in [-0.39, 0.29) is 0 Å². The van der Waals surface area contributed by atoms with E-state index >= 15 is 0 Å². The van der Waals surface area contributed by atoms with E-state index < -0.39 is 0 Å². The lowest BCUT2D eigenvalue weighted by Crippen LogP contribution is -2.20. The minimum absolute atomic E-state index is 0.520. The molecule has 1 aromatic heterocycles. The van der Waals surface area contributed by atoms with E-state index in [0.717, 1.165) is 52.3 Å². The molecule has 0 unspecified atom stereocenters. The van der Waals surface area contributed by atoms with Crippen molar-refractivity contribution in [3.63, 3.8) is 0 Å². The molecular formula is C22H20ClN5. The Morgan fingerprint density at radius 2 is 1.82 bits per heavy atom. The summed E-state index contributed by atoms with van der Waals surface area (Å²) in [5.74, 6) is 0.520. The van der Waals surface area contributed by atoms with E-state index in [1.807, 2.05) is 60.8 Å². The second kappa shape index (κ2) is 7.82. The molecule has 0 radical (unpaired) electrons. The van der Waals surface area contributed by atoms with Crippen LogP contribution in [-0.4, -0.2) is 22.7 Å². The largest absolute Gasteiger partial charge is 0.401 e. The number of anilines is 2. The number of para-hydroxylation sites is 1. The molecule has 0 fully saturated rings. The first-order valence-electron chi connectivity index (χ1n) is 9.06. The number of halogens is 1. The fourth-order valence-electron chi connectivity index (χ4n) is 3.35. The molecule has 0 atom stereocenters. The van der Waals surface area contributed by atoms with Crippen molar-refractivity contribution in [1.29, 1.82) is 0 Å². The number of benzene rings is 2. The number of nitrogens with zero attached hydrogens (tertiary/aromatic N) is 3. The Kier molecular flexibility index (Phi) is 5.08. The second-order valence-electron chi connectivity index (χ2n) is 6.51. The standard InChI is InChI=1S/C22H20ClN5/c1-25-21(16-9-5-6-10-17(16)23)19-18(24)12-11-14-13-26-22(28-20(14)19)27-15-7-3-2-4-8-15/h2-10,13H,11-12,24H2,1H3,(H,26,27,28). The van der Waals surface area contributed by atoms with Gasteiger partial charge in [-0.15, -0.1) is 0 Å². The zero-order valence-corrected chi connectivity index (χ0v) is 16.2. The van der Waals surface area contributed by atoms with E-state index in [2.05, 4.69) is 15.3 Å². The van der Waals surface area contributed by atoms with Gasteiger partial charge in [-0.2, -0.15) is 0 Å². The van der Waals surface area contributed by atoms with Crippen LogP contribution < -0.4 is 11.1 Å². The number of hydrogen-bond acceptors (Lipinski definition) is 5. The number of aliphatic imine (C=N–C) groups is 1. The van der Waals surface area contributed by atoms with E-state index in [4.69, 9.17) is 22.3 Å². The Labute approximate surface area is 169 Å². The second-order valence-corrected chi connectivity index (χ2v) is 6.92. The number of hydrogen-bond donors (Lipinski definition) is 2. The van der Waals surface area contributed by atoms with E-state index in [1.165, 1.54) is 0 Å². The van der Waals surface area contributed by atoms with Crippen LogP contribution in [0.5, 0.6) is 0 Å². The molecule has 2 aromatic carbocycles. The number of allylic oxidation sites excluding steroid dienone is 2. The molecule has 28 heavy (non-hydrogen) atoms. The van der Waals surface area contributed by atoms with Gasteiger partial charge < -0.3 is 11.1 Å². The predicted molar refractivity (Wildman–Crippen MR) is 115 cm³/mol. The number of fused-ring (bicyclic) bond motifs is 1. The first kappa shape index (κ1) is 18.2. The molecule has 0 aliphatic heterocycles. The van der Waals surface area contributed by atoms with Crippen LogP contribution in [-0.2, 0) is 6.42 Å². The third kappa shape index (κ3) is 3.49. The Morgan fingerprint density at radius 1 is 1.07 bits per heavy atom. The van der Waals surface area contributed by atoms with Gasteiger partial charge in [-0.3, -0.25) is 4.99 Å². The zero-order chi connectivity index (χ0) is 19.5. The molecule has 3 N–H and O–H groups in total. The molecule has 0 saturated heterocycles. The van der Waals surface area contributed by atoms with Gasteiger partial charge in [0.25, 0.3) is 0 Å². The Balaban J connectivity index is 1.79. The van der Waals surface area contributed by atoms with Crippen molar-refractivity contribution in [2.24, 2.45) is 10.7 Å². The van der Waals surface area contributed by atoms with Gasteiger partial charge in [-0.1, -0.05) is 48.0 Å². The first-order valence-corrected chi connectivity index (χ1v) is 9.44. The Hall–Kier alpha value is -3.18. The highest BCUT2D eigenvalue weighted by Crippen LogP contribution is 2.33. The summed E-state index contributed by atoms with van der Waals surface area (Å²) in [6.45, 7) is 0. The summed E-state index contributed by atoms with van der Waals surface area (Å²) in [7, 11) is 1.75. The van der Waals surface area contributed by atoms with Crippen molar-refractivity contribution in [2.75, 3.05) is 12.4 Å². The molecule has 1 aliphatic rings. The fourth-order valence-corrected chi connectivity index (χ4v) is 3.57. The zero-order valence-electron chi connectivity index (χ0n) is 15.5. The van der Waals surface area contributed by atoms with Gasteiger partial charge in [0.05, 0.1) is 11.4 Å². The predicted octanol–water partition coefficient (Wildman–Crippen LogP) is 4.61. The van der Waals surface area contributed by atoms with Crippen LogP contribution in [0.2, 0.25) is 5.02 Å². The number of aryl methyl sites for hydroxylation is 1. The lowest BCUT2D eigenvalue weighted by molar-refractivity contribution is 0.881. The van der Waals surface area contributed by atoms with Crippen molar-refractivity contribution in [3.8, 4) is 0 Å². The minimum atomic E-state index is 0.520. The van der Waals surface area contributed by atoms with Gasteiger partial charge in [0.2, 0.25) is 5.95 Å². The van der Waals surface area contributed by atoms with E-state index in [1.54, 1.807) is 7.05 Å². The maximum atomic E-state index is 6.44. The monoisotopic (exact) mass is 389 g/mol. The maximum absolute atomic E-state index is 6.44. The summed E-state index contributed by atoms with van der Waals surface area (Å²) in [6.07, 6.45) is 3.40. The summed E-state index contributed by atoms with van der Waals surface area (Å²) < 4.78 is 0. The Bertz CT molecular complexity index is 1070. The summed E-state index contributed by atoms with van der Waals surface area (Å²) in [6, 6.07) is 17.5. The van der Waals surface area contributed by atoms with Crippen LogP contribution in [0.3, 0.4) is 0 Å². The molecule has 1 aliphatic carbocycles. The number of nitrogens with one attached hydrogen (secondary N) is 1. The molecule has 140 valence electrons.